The number of aromatic amines is 1. The Bertz CT molecular complexity index is 1660. The van der Waals surface area contributed by atoms with Gasteiger partial charge in [-0.1, -0.05) is 6.07 Å². The molecule has 0 bridgehead atoms. The lowest BCUT2D eigenvalue weighted by atomic mass is 10.0. The second kappa shape index (κ2) is 9.88. The number of fused-ring (bicyclic) bond motifs is 1. The summed E-state index contributed by atoms with van der Waals surface area (Å²) < 4.78 is 39.8. The van der Waals surface area contributed by atoms with Gasteiger partial charge in [-0.05, 0) is 61.6 Å². The Hall–Kier alpha value is -4.29. The molecule has 4 N–H and O–H groups in total. The molecule has 4 aromatic rings. The summed E-state index contributed by atoms with van der Waals surface area (Å²) in [5, 5.41) is 9.82. The summed E-state index contributed by atoms with van der Waals surface area (Å²) >= 11 is 0. The molecule has 0 spiro atoms. The van der Waals surface area contributed by atoms with Crippen molar-refractivity contribution < 1.29 is 22.4 Å². The van der Waals surface area contributed by atoms with Crippen LogP contribution in [0.25, 0.3) is 10.9 Å². The molecule has 1 aliphatic rings. The Morgan fingerprint density at radius 2 is 1.71 bits per heavy atom. The third-order valence-electron chi connectivity index (χ3n) is 6.56. The molecule has 0 saturated carbocycles. The minimum Gasteiger partial charge on any atom is -0.369 e. The van der Waals surface area contributed by atoms with Crippen LogP contribution in [-0.4, -0.2) is 68.6 Å². The molecule has 0 atom stereocenters. The van der Waals surface area contributed by atoms with Gasteiger partial charge in [0.1, 0.15) is 5.82 Å². The van der Waals surface area contributed by atoms with Crippen LogP contribution < -0.4 is 16.0 Å². The van der Waals surface area contributed by atoms with Gasteiger partial charge >= 0.3 is 0 Å². The van der Waals surface area contributed by atoms with Gasteiger partial charge in [-0.15, -0.1) is 0 Å². The van der Waals surface area contributed by atoms with Crippen LogP contribution in [0.2, 0.25) is 0 Å². The molecule has 1 aromatic heterocycles. The van der Waals surface area contributed by atoms with Crippen LogP contribution in [0, 0.1) is 5.82 Å². The summed E-state index contributed by atoms with van der Waals surface area (Å²) in [6, 6.07) is 13.8. The Balaban J connectivity index is 1.45. The van der Waals surface area contributed by atoms with Crippen LogP contribution in [-0.2, 0) is 9.84 Å². The first-order chi connectivity index (χ1) is 18.1. The first-order valence-corrected chi connectivity index (χ1v) is 13.3. The highest BCUT2D eigenvalue weighted by molar-refractivity contribution is 7.91. The fraction of sp³-hybridized carbons (Fsp3) is 0.192. The van der Waals surface area contributed by atoms with E-state index in [1.807, 2.05) is 7.05 Å². The Morgan fingerprint density at radius 1 is 0.974 bits per heavy atom. The number of rotatable bonds is 6. The van der Waals surface area contributed by atoms with Gasteiger partial charge in [0, 0.05) is 37.3 Å². The van der Waals surface area contributed by atoms with Gasteiger partial charge < -0.3 is 20.9 Å². The van der Waals surface area contributed by atoms with E-state index in [9.17, 15) is 22.4 Å². The lowest BCUT2D eigenvalue weighted by Crippen LogP contribution is -2.44. The van der Waals surface area contributed by atoms with E-state index in [2.05, 4.69) is 25.3 Å². The second-order valence-corrected chi connectivity index (χ2v) is 11.0. The molecule has 12 heteroatoms. The molecule has 0 aliphatic carbocycles. The number of piperazine rings is 1. The number of amides is 2. The summed E-state index contributed by atoms with van der Waals surface area (Å²) in [5.74, 6) is -1.98. The maximum atomic E-state index is 13.7. The number of carbonyl (C=O) groups is 2. The van der Waals surface area contributed by atoms with Crippen LogP contribution >= 0.6 is 0 Å². The van der Waals surface area contributed by atoms with Crippen molar-refractivity contribution in [3.63, 3.8) is 0 Å². The molecule has 2 heterocycles. The normalized spacial score (nSPS) is 14.5. The van der Waals surface area contributed by atoms with Crippen LogP contribution in [0.4, 0.5) is 15.9 Å². The number of benzene rings is 3. The molecule has 3 aromatic carbocycles. The van der Waals surface area contributed by atoms with Crippen LogP contribution in [0.5, 0.6) is 0 Å². The van der Waals surface area contributed by atoms with Crippen molar-refractivity contribution in [1.82, 2.24) is 15.1 Å². The van der Waals surface area contributed by atoms with Crippen molar-refractivity contribution in [2.45, 2.75) is 9.79 Å². The third-order valence-corrected chi connectivity index (χ3v) is 8.31. The molecular weight excluding hydrogens is 511 g/mol. The molecule has 0 radical (unpaired) electrons. The van der Waals surface area contributed by atoms with E-state index >= 15 is 0 Å². The van der Waals surface area contributed by atoms with Gasteiger partial charge in [0.15, 0.2) is 5.82 Å². The highest BCUT2D eigenvalue weighted by atomic mass is 32.2. The van der Waals surface area contributed by atoms with Crippen molar-refractivity contribution in [2.75, 3.05) is 43.4 Å². The number of primary amides is 1. The van der Waals surface area contributed by atoms with Crippen molar-refractivity contribution >= 4 is 44.1 Å². The molecule has 38 heavy (non-hydrogen) atoms. The van der Waals surface area contributed by atoms with Gasteiger partial charge in [0.2, 0.25) is 15.7 Å². The van der Waals surface area contributed by atoms with Crippen LogP contribution in [0.1, 0.15) is 20.7 Å². The third kappa shape index (κ3) is 4.83. The number of H-pyrrole nitrogens is 1. The number of nitrogens with one attached hydrogen (secondary N) is 2. The van der Waals surface area contributed by atoms with Crippen LogP contribution in [0.15, 0.2) is 70.5 Å². The summed E-state index contributed by atoms with van der Waals surface area (Å²) in [5.41, 5.74) is 7.00. The quantitative estimate of drug-likeness (QED) is 0.344. The van der Waals surface area contributed by atoms with E-state index in [-0.39, 0.29) is 26.7 Å². The van der Waals surface area contributed by atoms with Crippen molar-refractivity contribution in [3.8, 4) is 0 Å². The minimum atomic E-state index is -4.03. The predicted octanol–water partition coefficient (Wildman–Crippen LogP) is 2.64. The predicted molar refractivity (Wildman–Crippen MR) is 141 cm³/mol. The molecule has 1 saturated heterocycles. The molecule has 196 valence electrons. The van der Waals surface area contributed by atoms with Gasteiger partial charge in [-0.25, -0.2) is 12.8 Å². The highest BCUT2D eigenvalue weighted by Crippen LogP contribution is 2.29. The zero-order valence-corrected chi connectivity index (χ0v) is 21.3. The Labute approximate surface area is 218 Å². The number of nitrogens with zero attached hydrogens (tertiary/aromatic N) is 3. The monoisotopic (exact) mass is 536 g/mol. The van der Waals surface area contributed by atoms with Crippen molar-refractivity contribution in [2.24, 2.45) is 5.73 Å². The van der Waals surface area contributed by atoms with E-state index in [4.69, 9.17) is 5.73 Å². The number of hydrogen-bond acceptors (Lipinski definition) is 7. The number of hydrogen-bond donors (Lipinski definition) is 3. The van der Waals surface area contributed by atoms with E-state index in [1.54, 1.807) is 12.1 Å². The molecule has 5 rings (SSSR count). The molecule has 10 nitrogen and oxygen atoms in total. The fourth-order valence-corrected chi connectivity index (χ4v) is 5.71. The molecule has 1 fully saturated rings. The number of carbonyl (C=O) groups excluding carboxylic acids is 2. The smallest absolute Gasteiger partial charge is 0.257 e. The zero-order valence-electron chi connectivity index (χ0n) is 20.4. The van der Waals surface area contributed by atoms with E-state index in [1.165, 1.54) is 36.4 Å². The van der Waals surface area contributed by atoms with Gasteiger partial charge in [-0.2, -0.15) is 5.10 Å². The number of aromatic nitrogens is 2. The van der Waals surface area contributed by atoms with Gasteiger partial charge in [0.25, 0.3) is 5.91 Å². The summed E-state index contributed by atoms with van der Waals surface area (Å²) in [7, 11) is -1.99. The fourth-order valence-electron chi connectivity index (χ4n) is 4.40. The maximum Gasteiger partial charge on any atom is 0.257 e. The standard InChI is InChI=1S/C26H25FN6O4S/c1-32-9-11-33(12-10-32)17-5-7-20(21(14-17)24(28)34)26(35)29-25-22-15-19(6-8-23(22)30-31-25)38(36,37)18-4-2-3-16(27)13-18/h2-8,13-15H,9-12H2,1H3,(H2,28,34)(H2,29,30,31,35). The largest absolute Gasteiger partial charge is 0.369 e. The molecular formula is C26H25FN6O4S. The molecule has 2 amide bonds. The summed E-state index contributed by atoms with van der Waals surface area (Å²) in [6.07, 6.45) is 0. The van der Waals surface area contributed by atoms with E-state index < -0.39 is 27.5 Å². The first-order valence-electron chi connectivity index (χ1n) is 11.8. The number of nitrogens with two attached hydrogens (primary N) is 1. The Morgan fingerprint density at radius 3 is 2.42 bits per heavy atom. The van der Waals surface area contributed by atoms with Crippen LogP contribution in [0.3, 0.4) is 0 Å². The number of halogens is 1. The second-order valence-electron chi connectivity index (χ2n) is 9.08. The number of sulfone groups is 1. The summed E-state index contributed by atoms with van der Waals surface area (Å²) in [6.45, 7) is 3.30. The number of likely N-dealkylation sites (N-methyl/N-ethyl adjacent to an activating group) is 1. The molecule has 0 unspecified atom stereocenters. The average Bonchev–Trinajstić information content (AvgIpc) is 3.30. The number of anilines is 2. The van der Waals surface area contributed by atoms with Gasteiger partial charge in [0.05, 0.1) is 26.4 Å². The van der Waals surface area contributed by atoms with Gasteiger partial charge in [-0.3, -0.25) is 14.7 Å². The van der Waals surface area contributed by atoms with E-state index in [0.717, 1.165) is 44.0 Å². The SMILES string of the molecule is CN1CCN(c2ccc(C(=O)Nc3n[nH]c4ccc(S(=O)(=O)c5cccc(F)c5)cc34)c(C(N)=O)c2)CC1. The molecule has 1 aliphatic heterocycles. The topological polar surface area (TPSA) is 141 Å². The van der Waals surface area contributed by atoms with Crippen molar-refractivity contribution in [1.29, 1.82) is 0 Å². The maximum absolute atomic E-state index is 13.7. The average molecular weight is 537 g/mol. The first kappa shape index (κ1) is 25.4. The minimum absolute atomic E-state index is 0.0631. The Kier molecular flexibility index (Phi) is 6.59. The zero-order chi connectivity index (χ0) is 27.0. The van der Waals surface area contributed by atoms with E-state index in [0.29, 0.717) is 10.9 Å². The van der Waals surface area contributed by atoms with Crippen molar-refractivity contribution in [3.05, 3.63) is 77.6 Å². The lowest BCUT2D eigenvalue weighted by Gasteiger charge is -2.34. The summed E-state index contributed by atoms with van der Waals surface area (Å²) in [4.78, 5) is 29.5. The lowest BCUT2D eigenvalue weighted by molar-refractivity contribution is 0.0977. The highest BCUT2D eigenvalue weighted by Gasteiger charge is 2.23.